The van der Waals surface area contributed by atoms with E-state index in [1.54, 1.807) is 0 Å². The summed E-state index contributed by atoms with van der Waals surface area (Å²) < 4.78 is 5.00. The molecule has 0 aromatic heterocycles. The smallest absolute Gasteiger partial charge is 0.330 e. The molecule has 0 amide bonds. The van der Waals surface area contributed by atoms with Crippen LogP contribution < -0.4 is 4.90 Å². The third-order valence-corrected chi connectivity index (χ3v) is 3.02. The van der Waals surface area contributed by atoms with Gasteiger partial charge >= 0.3 is 5.97 Å². The number of hydrogen-bond acceptors (Lipinski definition) is 3. The minimum Gasteiger partial charge on any atom is -0.461 e. The van der Waals surface area contributed by atoms with Gasteiger partial charge in [-0.2, -0.15) is 0 Å². The lowest BCUT2D eigenvalue weighted by Crippen LogP contribution is -2.23. The number of carbonyl (C=O) groups excluding carboxylic acids is 1. The molecule has 2 aromatic rings. The maximum absolute atomic E-state index is 11.0. The minimum atomic E-state index is -0.383. The van der Waals surface area contributed by atoms with Crippen LogP contribution in [-0.4, -0.2) is 26.2 Å². The number of ether oxygens (including phenoxy) is 1. The van der Waals surface area contributed by atoms with Crippen LogP contribution in [0, 0.1) is 0 Å². The summed E-state index contributed by atoms with van der Waals surface area (Å²) >= 11 is 0. The molecule has 0 N–H and O–H groups in total. The first-order chi connectivity index (χ1) is 9.22. The van der Waals surface area contributed by atoms with Gasteiger partial charge in [0.2, 0.25) is 0 Å². The quantitative estimate of drug-likeness (QED) is 0.607. The number of benzene rings is 2. The van der Waals surface area contributed by atoms with E-state index in [4.69, 9.17) is 4.74 Å². The van der Waals surface area contributed by atoms with Crippen molar-refractivity contribution in [1.29, 1.82) is 0 Å². The van der Waals surface area contributed by atoms with Crippen LogP contribution in [0.5, 0.6) is 0 Å². The van der Waals surface area contributed by atoms with E-state index >= 15 is 0 Å². The van der Waals surface area contributed by atoms with Crippen molar-refractivity contribution in [2.24, 2.45) is 0 Å². The van der Waals surface area contributed by atoms with Gasteiger partial charge in [-0.25, -0.2) is 4.79 Å². The highest BCUT2D eigenvalue weighted by atomic mass is 16.5. The fourth-order valence-corrected chi connectivity index (χ4v) is 2.00. The average molecular weight is 255 g/mol. The van der Waals surface area contributed by atoms with Gasteiger partial charge in [-0.05, 0) is 11.5 Å². The number of esters is 1. The molecular formula is C16H17NO2. The summed E-state index contributed by atoms with van der Waals surface area (Å²) in [5, 5.41) is 2.40. The average Bonchev–Trinajstić information content (AvgIpc) is 2.46. The lowest BCUT2D eigenvalue weighted by molar-refractivity contribution is -0.137. The maximum Gasteiger partial charge on any atom is 0.330 e. The Bertz CT molecular complexity index is 587. The van der Waals surface area contributed by atoms with Crippen LogP contribution in [0.15, 0.2) is 55.1 Å². The van der Waals surface area contributed by atoms with Crippen molar-refractivity contribution in [2.45, 2.75) is 0 Å². The maximum atomic E-state index is 11.0. The van der Waals surface area contributed by atoms with E-state index in [1.165, 1.54) is 16.8 Å². The van der Waals surface area contributed by atoms with Crippen LogP contribution in [-0.2, 0) is 9.53 Å². The summed E-state index contributed by atoms with van der Waals surface area (Å²) in [5.41, 5.74) is 1.13. The van der Waals surface area contributed by atoms with Crippen molar-refractivity contribution >= 4 is 22.4 Å². The molecule has 0 aliphatic carbocycles. The van der Waals surface area contributed by atoms with Crippen LogP contribution in [0.25, 0.3) is 10.8 Å². The lowest BCUT2D eigenvalue weighted by Gasteiger charge is -2.20. The molecule has 3 nitrogen and oxygen atoms in total. The van der Waals surface area contributed by atoms with E-state index in [-0.39, 0.29) is 5.97 Å². The van der Waals surface area contributed by atoms with Crippen molar-refractivity contribution in [3.63, 3.8) is 0 Å². The third-order valence-electron chi connectivity index (χ3n) is 3.02. The Labute approximate surface area is 113 Å². The Morgan fingerprint density at radius 2 is 2.00 bits per heavy atom. The zero-order valence-electron chi connectivity index (χ0n) is 11.0. The predicted octanol–water partition coefficient (Wildman–Crippen LogP) is 3.01. The van der Waals surface area contributed by atoms with Gasteiger partial charge in [0.15, 0.2) is 0 Å². The van der Waals surface area contributed by atoms with Crippen LogP contribution in [0.2, 0.25) is 0 Å². The van der Waals surface area contributed by atoms with E-state index < -0.39 is 0 Å². The Kier molecular flexibility index (Phi) is 4.18. The number of fused-ring (bicyclic) bond motifs is 1. The number of hydrogen-bond donors (Lipinski definition) is 0. The van der Waals surface area contributed by atoms with Gasteiger partial charge in [-0.3, -0.25) is 0 Å². The molecular weight excluding hydrogens is 238 g/mol. The summed E-state index contributed by atoms with van der Waals surface area (Å²) in [6.45, 7) is 4.37. The van der Waals surface area contributed by atoms with Crippen molar-refractivity contribution in [2.75, 3.05) is 25.1 Å². The fraction of sp³-hybridized carbons (Fsp3) is 0.188. The second-order valence-electron chi connectivity index (χ2n) is 4.29. The first kappa shape index (κ1) is 13.1. The second-order valence-corrected chi connectivity index (χ2v) is 4.29. The van der Waals surface area contributed by atoms with E-state index in [0.29, 0.717) is 13.2 Å². The summed E-state index contributed by atoms with van der Waals surface area (Å²) in [5.74, 6) is -0.383. The summed E-state index contributed by atoms with van der Waals surface area (Å²) in [7, 11) is 1.99. The number of anilines is 1. The predicted molar refractivity (Wildman–Crippen MR) is 78.4 cm³/mol. The van der Waals surface area contributed by atoms with Crippen molar-refractivity contribution in [3.05, 3.63) is 55.1 Å². The first-order valence-corrected chi connectivity index (χ1v) is 6.20. The lowest BCUT2D eigenvalue weighted by atomic mass is 10.1. The summed E-state index contributed by atoms with van der Waals surface area (Å²) in [6.07, 6.45) is 1.18. The third kappa shape index (κ3) is 3.13. The molecule has 0 atom stereocenters. The molecule has 0 saturated carbocycles. The normalized spacial score (nSPS) is 10.2. The zero-order valence-corrected chi connectivity index (χ0v) is 11.0. The zero-order chi connectivity index (χ0) is 13.7. The Morgan fingerprint density at radius 1 is 1.26 bits per heavy atom. The minimum absolute atomic E-state index is 0.352. The van der Waals surface area contributed by atoms with Crippen LogP contribution >= 0.6 is 0 Å². The van der Waals surface area contributed by atoms with E-state index in [9.17, 15) is 4.79 Å². The molecule has 0 fully saturated rings. The van der Waals surface area contributed by atoms with Crippen LogP contribution in [0.1, 0.15) is 0 Å². The molecule has 0 aliphatic rings. The molecule has 19 heavy (non-hydrogen) atoms. The Hall–Kier alpha value is -2.29. The number of rotatable bonds is 5. The van der Waals surface area contributed by atoms with Crippen molar-refractivity contribution < 1.29 is 9.53 Å². The molecule has 98 valence electrons. The highest BCUT2D eigenvalue weighted by molar-refractivity contribution is 5.94. The van der Waals surface area contributed by atoms with Crippen LogP contribution in [0.4, 0.5) is 5.69 Å². The van der Waals surface area contributed by atoms with E-state index in [2.05, 4.69) is 35.7 Å². The number of nitrogens with zero attached hydrogens (tertiary/aromatic N) is 1. The van der Waals surface area contributed by atoms with Gasteiger partial charge in [0.05, 0.1) is 6.54 Å². The molecule has 0 radical (unpaired) electrons. The molecule has 3 heteroatoms. The van der Waals surface area contributed by atoms with Gasteiger partial charge in [-0.15, -0.1) is 0 Å². The van der Waals surface area contributed by atoms with Crippen LogP contribution in [0.3, 0.4) is 0 Å². The number of likely N-dealkylation sites (N-methyl/N-ethyl adjacent to an activating group) is 1. The molecule has 0 saturated heterocycles. The van der Waals surface area contributed by atoms with Crippen molar-refractivity contribution in [3.8, 4) is 0 Å². The first-order valence-electron chi connectivity index (χ1n) is 6.20. The van der Waals surface area contributed by atoms with Gasteiger partial charge in [0, 0.05) is 24.2 Å². The van der Waals surface area contributed by atoms with Gasteiger partial charge < -0.3 is 9.64 Å². The molecule has 0 unspecified atom stereocenters. The van der Waals surface area contributed by atoms with Gasteiger partial charge in [0.25, 0.3) is 0 Å². The fourth-order valence-electron chi connectivity index (χ4n) is 2.00. The summed E-state index contributed by atoms with van der Waals surface area (Å²) in [4.78, 5) is 13.1. The molecule has 2 aromatic carbocycles. The molecule has 2 rings (SSSR count). The highest BCUT2D eigenvalue weighted by Gasteiger charge is 2.06. The molecule has 0 bridgehead atoms. The van der Waals surface area contributed by atoms with Gasteiger partial charge in [0.1, 0.15) is 6.61 Å². The van der Waals surface area contributed by atoms with E-state index in [0.717, 1.165) is 5.69 Å². The second kappa shape index (κ2) is 6.05. The SMILES string of the molecule is C=CC(=O)OCCN(C)c1cccc2ccccc12. The largest absolute Gasteiger partial charge is 0.461 e. The molecule has 0 aliphatic heterocycles. The Balaban J connectivity index is 2.11. The number of carbonyl (C=O) groups is 1. The van der Waals surface area contributed by atoms with Gasteiger partial charge in [-0.1, -0.05) is 43.0 Å². The monoisotopic (exact) mass is 255 g/mol. The highest BCUT2D eigenvalue weighted by Crippen LogP contribution is 2.25. The topological polar surface area (TPSA) is 29.5 Å². The van der Waals surface area contributed by atoms with E-state index in [1.807, 2.05) is 25.2 Å². The van der Waals surface area contributed by atoms with Crippen molar-refractivity contribution in [1.82, 2.24) is 0 Å². The summed E-state index contributed by atoms with van der Waals surface area (Å²) in [6, 6.07) is 14.4. The molecule has 0 spiro atoms. The standard InChI is InChI=1S/C16H17NO2/c1-3-16(18)19-12-11-17(2)15-10-6-8-13-7-4-5-9-14(13)15/h3-10H,1,11-12H2,2H3. The molecule has 0 heterocycles. The Morgan fingerprint density at radius 3 is 2.79 bits per heavy atom.